The van der Waals surface area contributed by atoms with Crippen LogP contribution in [-0.4, -0.2) is 160 Å². The van der Waals surface area contributed by atoms with Gasteiger partial charge >= 0.3 is 103 Å². The van der Waals surface area contributed by atoms with Gasteiger partial charge in [-0.15, -0.1) is 0 Å². The maximum Gasteiger partial charge on any atom is 1.00 e. The summed E-state index contributed by atoms with van der Waals surface area (Å²) in [4.78, 5) is 39.4. The van der Waals surface area contributed by atoms with Gasteiger partial charge in [-0.1, -0.05) is 44.6 Å². The van der Waals surface area contributed by atoms with Gasteiger partial charge in [0.25, 0.3) is 6.47 Å². The quantitative estimate of drug-likeness (QED) is 0.0906. The Bertz CT molecular complexity index is 2140. The summed E-state index contributed by atoms with van der Waals surface area (Å²) in [5.41, 5.74) is -1.85. The summed E-state index contributed by atoms with van der Waals surface area (Å²) in [6.45, 7) is 8.81. The molecule has 16 atom stereocenters. The van der Waals surface area contributed by atoms with E-state index in [9.17, 15) is 45.4 Å². The third kappa shape index (κ3) is 17.0. The molecule has 0 amide bonds. The predicted octanol–water partition coefficient (Wildman–Crippen LogP) is 0.700. The summed E-state index contributed by atoms with van der Waals surface area (Å²) >= 11 is 3.39. The van der Waals surface area contributed by atoms with E-state index in [4.69, 9.17) is 10.1 Å². The molecular weight excluding hydrogens is 1150 g/mol. The van der Waals surface area contributed by atoms with Crippen LogP contribution in [0.15, 0.2) is 0 Å². The largest absolute Gasteiger partial charge is 1.00 e. The number of piperazine rings is 2. The number of rotatable bonds is 10. The third-order valence-corrected chi connectivity index (χ3v) is 24.5. The van der Waals surface area contributed by atoms with Gasteiger partial charge < -0.3 is 27.1 Å². The van der Waals surface area contributed by atoms with E-state index >= 15 is 0 Å². The average Bonchev–Trinajstić information content (AvgIpc) is 3.93. The van der Waals surface area contributed by atoms with Crippen molar-refractivity contribution in [2.75, 3.05) is 90.1 Å². The van der Waals surface area contributed by atoms with Crippen LogP contribution in [0.25, 0.3) is 0 Å². The number of fused-ring (bicyclic) bond motifs is 10. The fourth-order valence-electron chi connectivity index (χ4n) is 17.8. The number of carbonyl (C=O) groups is 3. The van der Waals surface area contributed by atoms with Crippen molar-refractivity contribution >= 4 is 54.0 Å². The van der Waals surface area contributed by atoms with Crippen LogP contribution in [0.2, 0.25) is 0 Å². The molecule has 22 heteroatoms. The molecule has 438 valence electrons. The fourth-order valence-corrected chi connectivity index (χ4v) is 19.9. The van der Waals surface area contributed by atoms with E-state index in [0.717, 1.165) is 76.3 Å². The number of sulfonamides is 2. The Kier molecular flexibility index (Phi) is 29.6. The summed E-state index contributed by atoms with van der Waals surface area (Å²) in [5.74, 6) is 7.56. The van der Waals surface area contributed by atoms with Crippen LogP contribution >= 0.6 is 15.9 Å². The zero-order valence-corrected chi connectivity index (χ0v) is 55.5. The van der Waals surface area contributed by atoms with Crippen molar-refractivity contribution in [3.63, 3.8) is 0 Å². The molecule has 2 heterocycles. The first-order valence-corrected chi connectivity index (χ1v) is 32.5. The molecule has 0 aromatic carbocycles. The van der Waals surface area contributed by atoms with E-state index in [1.54, 1.807) is 0 Å². The van der Waals surface area contributed by atoms with E-state index in [1.807, 2.05) is 0 Å². The van der Waals surface area contributed by atoms with Crippen LogP contribution in [0, 0.1) is 81.8 Å². The minimum Gasteiger partial charge on any atom is -1.00 e. The van der Waals surface area contributed by atoms with Crippen LogP contribution in [0.3, 0.4) is 0 Å². The summed E-state index contributed by atoms with van der Waals surface area (Å²) in [6.07, 6.45) is 20.8. The van der Waals surface area contributed by atoms with Crippen LogP contribution in [0.1, 0.15) is 146 Å². The molecule has 8 saturated carbocycles. The molecule has 3 N–H and O–H groups in total. The maximum absolute atomic E-state index is 13.5. The molecule has 0 radical (unpaired) electrons. The summed E-state index contributed by atoms with van der Waals surface area (Å²) < 4.78 is 75.0. The number of aliphatic hydroxyl groups is 2. The molecule has 10 aliphatic rings. The second-order valence-corrected chi connectivity index (χ2v) is 29.6. The number of hydrogen-bond donors (Lipinski definition) is 3. The number of nitrogens with one attached hydrogen (secondary N) is 1. The van der Waals surface area contributed by atoms with Crippen LogP contribution in [0.4, 0.5) is 8.78 Å². The van der Waals surface area contributed by atoms with Crippen molar-refractivity contribution in [2.45, 2.75) is 155 Å². The summed E-state index contributed by atoms with van der Waals surface area (Å²) in [6, 6.07) is 0. The van der Waals surface area contributed by atoms with Gasteiger partial charge in [-0.25, -0.2) is 25.6 Å². The molecule has 10 rings (SSSR count). The number of halogens is 3. The Morgan fingerprint density at radius 1 is 0.636 bits per heavy atom. The standard InChI is InChI=1S/C26H43FN2O4S.C21H32BrFO2.C5H12N2O2S.CH2O3.2CH4.2K.H/c1-25-9-7-20-19-8-10-26(31,17-27)15-18(19)3-4-21(20)22(25)5-6-23(25)24(30)16-28-11-13-29(14-12-28)34(2,32)33;1-20-8-6-15-14-7-9-21(25,12-23)10-13(14)2-3-16(15)17(20)4-5-18(20)19(24)11-22;1-10(8,9)7-4-2-6-3-5-7;2-1-4-3;;;;;/h18-23,31H,3-17H2,1-2H3;13-18,25H,2-12H2,1H3;6H,2-5H2,1H3;1,3H;2*1H4;;;/q;;;;;;2*+1;-1/p-1/t18-,19+,20-,21-,22+,23-,25+,26-;13-,14+,15-,16-,17+,18-,20+,21-;;;;;;;/m11......./s1. The number of carbonyl (C=O) groups excluding carboxylic acids is 3. The van der Waals surface area contributed by atoms with Crippen molar-refractivity contribution in [2.24, 2.45) is 81.8 Å². The predicted molar refractivity (Wildman–Crippen MR) is 291 cm³/mol. The van der Waals surface area contributed by atoms with Gasteiger partial charge in [-0.3, -0.25) is 19.3 Å². The van der Waals surface area contributed by atoms with Gasteiger partial charge in [0.2, 0.25) is 20.0 Å². The van der Waals surface area contributed by atoms with Gasteiger partial charge in [0.1, 0.15) is 24.9 Å². The van der Waals surface area contributed by atoms with E-state index in [2.05, 4.69) is 44.9 Å². The van der Waals surface area contributed by atoms with Crippen molar-refractivity contribution in [3.8, 4) is 0 Å². The molecule has 2 aliphatic heterocycles. The number of ketones is 2. The second-order valence-electron chi connectivity index (χ2n) is 25.0. The molecule has 2 saturated heterocycles. The first kappa shape index (κ1) is 73.3. The molecule has 10 fully saturated rings. The molecule has 77 heavy (non-hydrogen) atoms. The van der Waals surface area contributed by atoms with E-state index < -0.39 is 44.6 Å². The van der Waals surface area contributed by atoms with E-state index in [1.165, 1.54) is 59.6 Å². The summed E-state index contributed by atoms with van der Waals surface area (Å²) in [7, 11) is -6.09. The molecule has 0 bridgehead atoms. The first-order chi connectivity index (χ1) is 34.5. The average molecular weight is 1250 g/mol. The summed E-state index contributed by atoms with van der Waals surface area (Å²) in [5, 5.41) is 33.0. The Hall–Kier alpha value is 2.04. The molecule has 0 aromatic rings. The van der Waals surface area contributed by atoms with Gasteiger partial charge in [-0.2, -0.15) is 8.61 Å². The molecule has 0 aromatic heterocycles. The second kappa shape index (κ2) is 31.1. The number of nitrogens with zero attached hydrogens (tertiary/aromatic N) is 3. The topological polar surface area (TPSA) is 214 Å². The van der Waals surface area contributed by atoms with Crippen LogP contribution in [-0.2, 0) is 39.3 Å². The molecular formula is C55H97BrF2K2N4O11S2. The van der Waals surface area contributed by atoms with Gasteiger partial charge in [0.15, 0.2) is 0 Å². The van der Waals surface area contributed by atoms with Crippen molar-refractivity contribution < 1.29 is 165 Å². The Labute approximate surface area is 557 Å². The molecule has 8 aliphatic carbocycles. The minimum absolute atomic E-state index is 0. The Morgan fingerprint density at radius 2 is 1.03 bits per heavy atom. The molecule has 0 unspecified atom stereocenters. The van der Waals surface area contributed by atoms with Crippen molar-refractivity contribution in [3.05, 3.63) is 0 Å². The number of hydrogen-bond acceptors (Lipinski definition) is 13. The van der Waals surface area contributed by atoms with Gasteiger partial charge in [0.05, 0.1) is 35.6 Å². The third-order valence-electron chi connectivity index (χ3n) is 21.4. The zero-order valence-electron chi connectivity index (χ0n) is 47.1. The monoisotopic (exact) mass is 1250 g/mol. The van der Waals surface area contributed by atoms with Crippen LogP contribution in [0.5, 0.6) is 0 Å². The van der Waals surface area contributed by atoms with Crippen LogP contribution < -0.4 is 113 Å². The number of alkyl halides is 3. The van der Waals surface area contributed by atoms with E-state index in [0.29, 0.717) is 136 Å². The molecule has 0 spiro atoms. The number of Topliss-reactive ketones (excluding diaryl/α,β-unsaturated/α-hetero) is 2. The van der Waals surface area contributed by atoms with Gasteiger partial charge in [-0.05, 0) is 186 Å². The fraction of sp³-hybridized carbons (Fsp3) is 0.945. The van der Waals surface area contributed by atoms with E-state index in [-0.39, 0.29) is 148 Å². The first-order valence-electron chi connectivity index (χ1n) is 27.7. The van der Waals surface area contributed by atoms with Gasteiger partial charge in [0, 0.05) is 64.2 Å². The Balaban J connectivity index is 0.000000416. The normalized spacial score (nSPS) is 40.4. The smallest absolute Gasteiger partial charge is 1.00 e. The zero-order chi connectivity index (χ0) is 53.1. The van der Waals surface area contributed by atoms with Crippen molar-refractivity contribution in [1.29, 1.82) is 0 Å². The SMILES string of the molecule is C.C.CS(=O)(=O)N1CCNCC1.C[C@]12CC[C@H]3[C@@H](CC[C@@H]4C[C@@](O)(CF)CC[C@@H]43)[C@@H]1CC[C@@H]2C(=O)CBr.C[C@]12CC[C@H]3[C@@H](CC[C@@H]4C[C@@](O)(CF)CC[C@@H]43)[C@@H]1CC[C@@H]2C(=O)CN1CCN(S(C)(=O)=O)CC1.O=CO[O-].[H-].[K+].[K+]. The minimum atomic E-state index is -3.16. The molecule has 15 nitrogen and oxygen atoms in total. The maximum atomic E-state index is 13.5. The Morgan fingerprint density at radius 3 is 1.39 bits per heavy atom. The van der Waals surface area contributed by atoms with Crippen molar-refractivity contribution in [1.82, 2.24) is 18.8 Å².